The van der Waals surface area contributed by atoms with E-state index in [-0.39, 0.29) is 29.8 Å². The maximum absolute atomic E-state index is 10.9. The molecule has 0 aliphatic carbocycles. The molecule has 2 aromatic rings. The summed E-state index contributed by atoms with van der Waals surface area (Å²) in [5, 5.41) is 21.8. The van der Waals surface area contributed by atoms with E-state index in [0.717, 1.165) is 25.7 Å². The predicted octanol–water partition coefficient (Wildman–Crippen LogP) is 0.379. The van der Waals surface area contributed by atoms with Gasteiger partial charge in [0.2, 0.25) is 0 Å². The van der Waals surface area contributed by atoms with Gasteiger partial charge in [0.25, 0.3) is 0 Å². The molecule has 150 valence electrons. The second kappa shape index (κ2) is 13.2. The molecule has 2 atom stereocenters. The van der Waals surface area contributed by atoms with Gasteiger partial charge < -0.3 is 28.7 Å². The van der Waals surface area contributed by atoms with Gasteiger partial charge in [-0.1, -0.05) is 60.7 Å². The third-order valence-electron chi connectivity index (χ3n) is 4.61. The maximum Gasteiger partial charge on any atom is 2.00 e. The summed E-state index contributed by atoms with van der Waals surface area (Å²) < 4.78 is 19.8. The Hall–Kier alpha value is -1.13. The smallest absolute Gasteiger partial charge is 0.832 e. The molecule has 2 fully saturated rings. The summed E-state index contributed by atoms with van der Waals surface area (Å²) in [4.78, 5) is 0. The zero-order valence-corrected chi connectivity index (χ0v) is 18.4. The Kier molecular flexibility index (Phi) is 11.0. The molecule has 9 heteroatoms. The summed E-state index contributed by atoms with van der Waals surface area (Å²) >= 11 is 0. The van der Waals surface area contributed by atoms with Crippen LogP contribution in [0.1, 0.15) is 24.0 Å². The van der Waals surface area contributed by atoms with Crippen LogP contribution in [0.15, 0.2) is 60.7 Å². The van der Waals surface area contributed by atoms with Crippen LogP contribution in [-0.4, -0.2) is 57.7 Å². The van der Waals surface area contributed by atoms with Crippen molar-refractivity contribution in [3.8, 4) is 0 Å². The molecule has 2 radical (unpaired) electrons. The molecule has 2 unspecified atom stereocenters. The fourth-order valence-electron chi connectivity index (χ4n) is 3.17. The minimum absolute atomic E-state index is 0. The van der Waals surface area contributed by atoms with Crippen LogP contribution >= 0.6 is 0 Å². The van der Waals surface area contributed by atoms with Gasteiger partial charge in [0.15, 0.2) is 0 Å². The molecule has 0 bridgehead atoms. The fourth-order valence-corrected chi connectivity index (χ4v) is 3.17. The molecule has 2 aliphatic heterocycles. The first-order valence-electron chi connectivity index (χ1n) is 9.62. The summed E-state index contributed by atoms with van der Waals surface area (Å²) in [6.07, 6.45) is 3.20. The average Bonchev–Trinajstić information content (AvgIpc) is 2.70. The molecule has 29 heavy (non-hydrogen) atoms. The van der Waals surface area contributed by atoms with Crippen LogP contribution in [0.3, 0.4) is 0 Å². The first-order chi connectivity index (χ1) is 13.7. The predicted molar refractivity (Wildman–Crippen MR) is 108 cm³/mol. The second-order valence-electron chi connectivity index (χ2n) is 6.79. The molecule has 2 saturated heterocycles. The molecule has 0 N–H and O–H groups in total. The van der Waals surface area contributed by atoms with E-state index in [0.29, 0.717) is 13.2 Å². The van der Waals surface area contributed by atoms with Gasteiger partial charge in [-0.25, -0.2) is 0 Å². The van der Waals surface area contributed by atoms with E-state index in [2.05, 4.69) is 0 Å². The Morgan fingerprint density at radius 1 is 0.690 bits per heavy atom. The normalized spacial score (nSPS) is 21.6. The van der Waals surface area contributed by atoms with Gasteiger partial charge in [0, 0.05) is 25.4 Å². The summed E-state index contributed by atoms with van der Waals surface area (Å²) in [5.74, 6) is 0. The largest absolute Gasteiger partial charge is 2.00 e. The quantitative estimate of drug-likeness (QED) is 0.621. The van der Waals surface area contributed by atoms with Crippen molar-refractivity contribution in [2.45, 2.75) is 37.9 Å². The molecular weight excluding hydrogens is 430 g/mol. The molecule has 0 amide bonds. The summed E-state index contributed by atoms with van der Waals surface area (Å²) in [6, 6.07) is 20.1. The summed E-state index contributed by atoms with van der Waals surface area (Å²) in [7, 11) is -2.59. The summed E-state index contributed by atoms with van der Waals surface area (Å²) in [6.45, 7) is 1.01. The Morgan fingerprint density at radius 2 is 1.07 bits per heavy atom. The van der Waals surface area contributed by atoms with Crippen LogP contribution in [-0.2, 0) is 31.5 Å². The van der Waals surface area contributed by atoms with E-state index in [9.17, 15) is 10.0 Å². The van der Waals surface area contributed by atoms with Crippen molar-refractivity contribution in [1.29, 1.82) is 0 Å². The van der Waals surface area contributed by atoms with Gasteiger partial charge in [0.05, 0.1) is 0 Å². The van der Waals surface area contributed by atoms with Crippen molar-refractivity contribution in [2.75, 3.05) is 13.2 Å². The van der Waals surface area contributed by atoms with E-state index < -0.39 is 14.6 Å². The molecule has 2 aliphatic rings. The van der Waals surface area contributed by atoms with Crippen LogP contribution in [0.4, 0.5) is 0 Å². The minimum atomic E-state index is -1.29. The molecule has 0 spiro atoms. The van der Waals surface area contributed by atoms with E-state index in [1.165, 1.54) is 11.1 Å². The number of hydrogen-bond donors (Lipinski definition) is 0. The van der Waals surface area contributed by atoms with Crippen molar-refractivity contribution in [3.05, 3.63) is 71.8 Å². The maximum atomic E-state index is 10.9. The Labute approximate surface area is 183 Å². The van der Waals surface area contributed by atoms with E-state index in [1.807, 2.05) is 60.7 Å². The van der Waals surface area contributed by atoms with Gasteiger partial charge in [0.1, 0.15) is 0 Å². The zero-order chi connectivity index (χ0) is 19.6. The van der Waals surface area contributed by atoms with Gasteiger partial charge in [-0.2, -0.15) is 0 Å². The SMILES string of the molecule is [Ge+2].[O-]B1OCCC(Cc2ccccc2)O1.[O-]B1OCCC(Cc2ccccc2)O1. The average molecular weight is 455 g/mol. The monoisotopic (exact) mass is 456 g/mol. The molecule has 0 aromatic heterocycles. The second-order valence-corrected chi connectivity index (χ2v) is 6.79. The van der Waals surface area contributed by atoms with Crippen molar-refractivity contribution in [1.82, 2.24) is 0 Å². The molecule has 2 aromatic carbocycles. The number of hydrogen-bond acceptors (Lipinski definition) is 6. The molecule has 4 rings (SSSR count). The number of benzene rings is 2. The Balaban J connectivity index is 0.000000200. The molecule has 6 nitrogen and oxygen atoms in total. The van der Waals surface area contributed by atoms with Gasteiger partial charge in [-0.15, -0.1) is 0 Å². The molecular formula is C20H24B2GeO6. The third-order valence-corrected chi connectivity index (χ3v) is 4.61. The first-order valence-corrected chi connectivity index (χ1v) is 9.62. The van der Waals surface area contributed by atoms with Crippen molar-refractivity contribution >= 4 is 32.2 Å². The standard InChI is InChI=1S/2C10H12BO3.Ge/c2*12-11-13-7-6-10(14-11)8-9-4-2-1-3-5-9;/h2*1-5,10H,6-8H2;/q2*-1;+2. The molecule has 2 heterocycles. The van der Waals surface area contributed by atoms with Crippen molar-refractivity contribution < 1.29 is 28.7 Å². The van der Waals surface area contributed by atoms with Gasteiger partial charge >= 0.3 is 32.2 Å². The Bertz CT molecular complexity index is 622. The Morgan fingerprint density at radius 3 is 1.41 bits per heavy atom. The first kappa shape index (κ1) is 24.1. The van der Waals surface area contributed by atoms with Crippen LogP contribution in [0, 0.1) is 0 Å². The molecule has 0 saturated carbocycles. The summed E-state index contributed by atoms with van der Waals surface area (Å²) in [5.41, 5.74) is 2.40. The topological polar surface area (TPSA) is 83.0 Å². The minimum Gasteiger partial charge on any atom is -0.832 e. The van der Waals surface area contributed by atoms with Crippen LogP contribution in [0.5, 0.6) is 0 Å². The van der Waals surface area contributed by atoms with E-state index >= 15 is 0 Å². The number of rotatable bonds is 4. The van der Waals surface area contributed by atoms with Crippen molar-refractivity contribution in [3.63, 3.8) is 0 Å². The van der Waals surface area contributed by atoms with E-state index in [4.69, 9.17) is 18.6 Å². The van der Waals surface area contributed by atoms with Crippen LogP contribution < -0.4 is 10.0 Å². The third kappa shape index (κ3) is 9.04. The van der Waals surface area contributed by atoms with Crippen LogP contribution in [0.2, 0.25) is 0 Å². The zero-order valence-electron chi connectivity index (χ0n) is 16.3. The van der Waals surface area contributed by atoms with Gasteiger partial charge in [-0.3, -0.25) is 0 Å². The van der Waals surface area contributed by atoms with Crippen molar-refractivity contribution in [2.24, 2.45) is 0 Å². The van der Waals surface area contributed by atoms with Gasteiger partial charge in [-0.05, 0) is 36.8 Å². The fraction of sp³-hybridized carbons (Fsp3) is 0.400. The van der Waals surface area contributed by atoms with Crippen LogP contribution in [0.25, 0.3) is 0 Å². The van der Waals surface area contributed by atoms with E-state index in [1.54, 1.807) is 0 Å².